The molecule has 0 spiro atoms. The Bertz CT molecular complexity index is 512. The Labute approximate surface area is 98.9 Å². The van der Waals surface area contributed by atoms with Gasteiger partial charge in [0, 0.05) is 0 Å². The highest BCUT2D eigenvalue weighted by Crippen LogP contribution is 2.09. The summed E-state index contributed by atoms with van der Waals surface area (Å²) in [6, 6.07) is 11.4. The average Bonchev–Trinajstić information content (AvgIpc) is 2.38. The first-order valence-electron chi connectivity index (χ1n) is 5.35. The van der Waals surface area contributed by atoms with Gasteiger partial charge in [-0.05, 0) is 24.5 Å². The van der Waals surface area contributed by atoms with Crippen LogP contribution in [-0.2, 0) is 12.8 Å². The standard InChI is InChI=1S/C13H12N2O2/c16-13(17)11-8-9-14-15-12(11)7-6-10-4-2-1-3-5-10/h1-5,8-9H,6-7H2,(H,16,17). The first-order valence-corrected chi connectivity index (χ1v) is 5.35. The van der Waals surface area contributed by atoms with E-state index in [-0.39, 0.29) is 5.56 Å². The molecule has 2 rings (SSSR count). The van der Waals surface area contributed by atoms with Crippen LogP contribution >= 0.6 is 0 Å². The summed E-state index contributed by atoms with van der Waals surface area (Å²) in [5.74, 6) is -0.956. The number of rotatable bonds is 4. The molecule has 4 heteroatoms. The molecule has 1 N–H and O–H groups in total. The summed E-state index contributed by atoms with van der Waals surface area (Å²) in [5, 5.41) is 16.6. The van der Waals surface area contributed by atoms with Gasteiger partial charge >= 0.3 is 5.97 Å². The number of aromatic nitrogens is 2. The zero-order valence-corrected chi connectivity index (χ0v) is 9.21. The number of aryl methyl sites for hydroxylation is 2. The van der Waals surface area contributed by atoms with Gasteiger partial charge in [-0.3, -0.25) is 0 Å². The zero-order valence-electron chi connectivity index (χ0n) is 9.21. The second-order valence-corrected chi connectivity index (χ2v) is 3.68. The van der Waals surface area contributed by atoms with Crippen LogP contribution in [0, 0.1) is 0 Å². The zero-order chi connectivity index (χ0) is 12.1. The maximum atomic E-state index is 11.0. The predicted molar refractivity (Wildman–Crippen MR) is 62.8 cm³/mol. The van der Waals surface area contributed by atoms with Gasteiger partial charge < -0.3 is 5.11 Å². The second kappa shape index (κ2) is 5.21. The average molecular weight is 228 g/mol. The SMILES string of the molecule is O=C(O)c1ccnnc1CCc1ccccc1. The van der Waals surface area contributed by atoms with Gasteiger partial charge in [-0.15, -0.1) is 0 Å². The number of nitrogens with zero attached hydrogens (tertiary/aromatic N) is 2. The Balaban J connectivity index is 2.12. The lowest BCUT2D eigenvalue weighted by atomic mass is 10.1. The lowest BCUT2D eigenvalue weighted by Crippen LogP contribution is -2.07. The summed E-state index contributed by atoms with van der Waals surface area (Å²) < 4.78 is 0. The molecule has 0 fully saturated rings. The smallest absolute Gasteiger partial charge is 0.337 e. The first kappa shape index (κ1) is 11.3. The molecule has 0 saturated carbocycles. The topological polar surface area (TPSA) is 63.1 Å². The second-order valence-electron chi connectivity index (χ2n) is 3.68. The first-order chi connectivity index (χ1) is 8.27. The molecule has 86 valence electrons. The molecule has 0 aliphatic heterocycles. The number of carbonyl (C=O) groups is 1. The molecule has 0 unspecified atom stereocenters. The molecule has 0 bridgehead atoms. The summed E-state index contributed by atoms with van der Waals surface area (Å²) in [6.07, 6.45) is 2.74. The van der Waals surface area contributed by atoms with Gasteiger partial charge in [0.1, 0.15) is 0 Å². The molecule has 1 aromatic heterocycles. The lowest BCUT2D eigenvalue weighted by molar-refractivity contribution is 0.0695. The summed E-state index contributed by atoms with van der Waals surface area (Å²) in [7, 11) is 0. The Hall–Kier alpha value is -2.23. The molecule has 2 aromatic rings. The molecule has 0 aliphatic rings. The van der Waals surface area contributed by atoms with Crippen LogP contribution < -0.4 is 0 Å². The van der Waals surface area contributed by atoms with Crippen LogP contribution in [0.25, 0.3) is 0 Å². The lowest BCUT2D eigenvalue weighted by Gasteiger charge is -2.03. The van der Waals surface area contributed by atoms with E-state index >= 15 is 0 Å². The van der Waals surface area contributed by atoms with Crippen LogP contribution in [-0.4, -0.2) is 21.3 Å². The Morgan fingerprint density at radius 1 is 1.12 bits per heavy atom. The molecule has 1 aromatic carbocycles. The van der Waals surface area contributed by atoms with Gasteiger partial charge in [0.2, 0.25) is 0 Å². The number of benzene rings is 1. The maximum absolute atomic E-state index is 11.0. The molecule has 17 heavy (non-hydrogen) atoms. The molecule has 0 amide bonds. The van der Waals surface area contributed by atoms with E-state index in [9.17, 15) is 4.79 Å². The maximum Gasteiger partial charge on any atom is 0.337 e. The monoisotopic (exact) mass is 228 g/mol. The van der Waals surface area contributed by atoms with Gasteiger partial charge in [-0.25, -0.2) is 4.79 Å². The van der Waals surface area contributed by atoms with Crippen molar-refractivity contribution in [2.45, 2.75) is 12.8 Å². The third-order valence-electron chi connectivity index (χ3n) is 2.52. The number of aromatic carboxylic acids is 1. The minimum absolute atomic E-state index is 0.232. The largest absolute Gasteiger partial charge is 0.478 e. The van der Waals surface area contributed by atoms with Gasteiger partial charge in [0.05, 0.1) is 17.5 Å². The van der Waals surface area contributed by atoms with Crippen molar-refractivity contribution in [3.05, 3.63) is 59.4 Å². The molecule has 1 heterocycles. The van der Waals surface area contributed by atoms with Crippen LogP contribution in [0.5, 0.6) is 0 Å². The molecule has 4 nitrogen and oxygen atoms in total. The van der Waals surface area contributed by atoms with E-state index in [4.69, 9.17) is 5.11 Å². The van der Waals surface area contributed by atoms with Crippen molar-refractivity contribution in [1.29, 1.82) is 0 Å². The van der Waals surface area contributed by atoms with Crippen LogP contribution in [0.1, 0.15) is 21.6 Å². The minimum atomic E-state index is -0.956. The van der Waals surface area contributed by atoms with Crippen molar-refractivity contribution in [1.82, 2.24) is 10.2 Å². The van der Waals surface area contributed by atoms with E-state index < -0.39 is 5.97 Å². The van der Waals surface area contributed by atoms with Gasteiger partial charge in [-0.2, -0.15) is 10.2 Å². The van der Waals surface area contributed by atoms with Crippen molar-refractivity contribution in [2.75, 3.05) is 0 Å². The highest BCUT2D eigenvalue weighted by molar-refractivity contribution is 5.88. The molecular weight excluding hydrogens is 216 g/mol. The van der Waals surface area contributed by atoms with Gasteiger partial charge in [-0.1, -0.05) is 30.3 Å². The summed E-state index contributed by atoms with van der Waals surface area (Å²) >= 11 is 0. The number of hydrogen-bond acceptors (Lipinski definition) is 3. The normalized spacial score (nSPS) is 10.1. The minimum Gasteiger partial charge on any atom is -0.478 e. The van der Waals surface area contributed by atoms with Crippen molar-refractivity contribution < 1.29 is 9.90 Å². The third-order valence-corrected chi connectivity index (χ3v) is 2.52. The Morgan fingerprint density at radius 3 is 2.59 bits per heavy atom. The van der Waals surface area contributed by atoms with Crippen LogP contribution in [0.2, 0.25) is 0 Å². The number of carboxylic acid groups (broad SMARTS) is 1. The van der Waals surface area contributed by atoms with Gasteiger partial charge in [0.25, 0.3) is 0 Å². The fourth-order valence-corrected chi connectivity index (χ4v) is 1.65. The number of carboxylic acids is 1. The van der Waals surface area contributed by atoms with E-state index in [1.165, 1.54) is 12.3 Å². The van der Waals surface area contributed by atoms with Crippen LogP contribution in [0.4, 0.5) is 0 Å². The van der Waals surface area contributed by atoms with Crippen molar-refractivity contribution in [3.8, 4) is 0 Å². The van der Waals surface area contributed by atoms with E-state index in [0.717, 1.165) is 12.0 Å². The predicted octanol–water partition coefficient (Wildman–Crippen LogP) is 1.96. The summed E-state index contributed by atoms with van der Waals surface area (Å²) in [4.78, 5) is 11.0. The van der Waals surface area contributed by atoms with E-state index in [2.05, 4.69) is 10.2 Å². The molecule has 0 radical (unpaired) electrons. The fraction of sp³-hybridized carbons (Fsp3) is 0.154. The van der Waals surface area contributed by atoms with Crippen LogP contribution in [0.15, 0.2) is 42.6 Å². The highest BCUT2D eigenvalue weighted by atomic mass is 16.4. The number of hydrogen-bond donors (Lipinski definition) is 1. The summed E-state index contributed by atoms with van der Waals surface area (Å²) in [5.41, 5.74) is 1.93. The fourth-order valence-electron chi connectivity index (χ4n) is 1.65. The third kappa shape index (κ3) is 2.87. The van der Waals surface area contributed by atoms with Crippen LogP contribution in [0.3, 0.4) is 0 Å². The Kier molecular flexibility index (Phi) is 3.45. The molecule has 0 saturated heterocycles. The van der Waals surface area contributed by atoms with E-state index in [0.29, 0.717) is 12.1 Å². The van der Waals surface area contributed by atoms with Crippen molar-refractivity contribution in [3.63, 3.8) is 0 Å². The quantitative estimate of drug-likeness (QED) is 0.868. The van der Waals surface area contributed by atoms with Crippen molar-refractivity contribution in [2.24, 2.45) is 0 Å². The molecule has 0 aliphatic carbocycles. The molecular formula is C13H12N2O2. The van der Waals surface area contributed by atoms with Crippen molar-refractivity contribution >= 4 is 5.97 Å². The van der Waals surface area contributed by atoms with E-state index in [1.54, 1.807) is 0 Å². The van der Waals surface area contributed by atoms with Gasteiger partial charge in [0.15, 0.2) is 0 Å². The van der Waals surface area contributed by atoms with E-state index in [1.807, 2.05) is 30.3 Å². The summed E-state index contributed by atoms with van der Waals surface area (Å²) in [6.45, 7) is 0. The highest BCUT2D eigenvalue weighted by Gasteiger charge is 2.10. The molecule has 0 atom stereocenters. The Morgan fingerprint density at radius 2 is 1.88 bits per heavy atom.